The van der Waals surface area contributed by atoms with Crippen molar-refractivity contribution in [1.82, 2.24) is 0 Å². The van der Waals surface area contributed by atoms with Crippen LogP contribution < -0.4 is 0 Å². The predicted molar refractivity (Wildman–Crippen MR) is 39.0 cm³/mol. The molecule has 2 rings (SSSR count). The third kappa shape index (κ3) is 1.08. The largest absolute Gasteiger partial charge is 0.385 e. The molecule has 0 aromatic carbocycles. The highest BCUT2D eigenvalue weighted by molar-refractivity contribution is 7.10. The highest BCUT2D eigenvalue weighted by atomic mass is 32.1. The van der Waals surface area contributed by atoms with Gasteiger partial charge in [-0.3, -0.25) is 0 Å². The van der Waals surface area contributed by atoms with Gasteiger partial charge in [-0.15, -0.1) is 11.3 Å². The summed E-state index contributed by atoms with van der Waals surface area (Å²) in [5.41, 5.74) is 0. The highest BCUT2D eigenvalue weighted by Crippen LogP contribution is 2.29. The third-order valence-electron chi connectivity index (χ3n) is 1.55. The Morgan fingerprint density at radius 3 is 3.10 bits per heavy atom. The molecule has 0 amide bonds. The normalized spacial score (nSPS) is 26.3. The molecular formula is C7H8O2S. The van der Waals surface area contributed by atoms with Crippen molar-refractivity contribution in [3.05, 3.63) is 22.4 Å². The first-order valence-corrected chi connectivity index (χ1v) is 4.09. The molecule has 0 radical (unpaired) electrons. The molecule has 0 spiro atoms. The molecule has 1 aromatic heterocycles. The van der Waals surface area contributed by atoms with Gasteiger partial charge >= 0.3 is 0 Å². The number of hydrogen-bond donors (Lipinski definition) is 1. The van der Waals surface area contributed by atoms with Crippen LogP contribution in [-0.4, -0.2) is 17.8 Å². The first kappa shape index (κ1) is 6.34. The Labute approximate surface area is 63.1 Å². The molecule has 54 valence electrons. The van der Waals surface area contributed by atoms with Gasteiger partial charge in [0.05, 0.1) is 6.61 Å². The lowest BCUT2D eigenvalue weighted by Gasteiger charge is -2.01. The van der Waals surface area contributed by atoms with Crippen LogP contribution in [0.4, 0.5) is 0 Å². The molecular weight excluding hydrogens is 148 g/mol. The van der Waals surface area contributed by atoms with Crippen LogP contribution in [0.1, 0.15) is 11.0 Å². The quantitative estimate of drug-likeness (QED) is 0.652. The van der Waals surface area contributed by atoms with E-state index in [2.05, 4.69) is 0 Å². The molecule has 0 unspecified atom stereocenters. The first-order chi connectivity index (χ1) is 4.88. The monoisotopic (exact) mass is 156 g/mol. The molecule has 1 saturated heterocycles. The van der Waals surface area contributed by atoms with Gasteiger partial charge in [-0.1, -0.05) is 6.07 Å². The number of aliphatic hydroxyl groups excluding tert-OH is 1. The maximum atomic E-state index is 9.43. The fraction of sp³-hybridized carbons (Fsp3) is 0.429. The van der Waals surface area contributed by atoms with Crippen molar-refractivity contribution in [2.45, 2.75) is 12.2 Å². The van der Waals surface area contributed by atoms with Crippen molar-refractivity contribution < 1.29 is 9.84 Å². The maximum Gasteiger partial charge on any atom is 0.116 e. The maximum absolute atomic E-state index is 9.43. The van der Waals surface area contributed by atoms with E-state index >= 15 is 0 Å². The molecule has 2 atom stereocenters. The van der Waals surface area contributed by atoms with E-state index in [0.717, 1.165) is 4.88 Å². The van der Waals surface area contributed by atoms with Gasteiger partial charge in [0, 0.05) is 4.88 Å². The zero-order chi connectivity index (χ0) is 6.97. The Morgan fingerprint density at radius 2 is 2.60 bits per heavy atom. The van der Waals surface area contributed by atoms with E-state index in [1.54, 1.807) is 11.3 Å². The number of ether oxygens (including phenoxy) is 1. The molecule has 10 heavy (non-hydrogen) atoms. The molecule has 2 nitrogen and oxygen atoms in total. The van der Waals surface area contributed by atoms with Gasteiger partial charge in [0.15, 0.2) is 0 Å². The van der Waals surface area contributed by atoms with Crippen molar-refractivity contribution in [3.63, 3.8) is 0 Å². The first-order valence-electron chi connectivity index (χ1n) is 3.21. The average Bonchev–Trinajstić information content (AvgIpc) is 2.65. The third-order valence-corrected chi connectivity index (χ3v) is 2.49. The summed E-state index contributed by atoms with van der Waals surface area (Å²) >= 11 is 1.57. The standard InChI is InChI=1S/C7H8O2S/c8-7(5-4-9-5)6-2-1-3-10-6/h1-3,5,7-8H,4H2/t5-,7+/m1/s1. The minimum absolute atomic E-state index is 0.0682. The van der Waals surface area contributed by atoms with Crippen LogP contribution >= 0.6 is 11.3 Å². The van der Waals surface area contributed by atoms with Gasteiger partial charge in [0.25, 0.3) is 0 Å². The molecule has 0 aliphatic carbocycles. The number of epoxide rings is 1. The van der Waals surface area contributed by atoms with Crippen LogP contribution in [0, 0.1) is 0 Å². The Kier molecular flexibility index (Phi) is 1.48. The second kappa shape index (κ2) is 2.34. The van der Waals surface area contributed by atoms with E-state index in [4.69, 9.17) is 4.74 Å². The minimum Gasteiger partial charge on any atom is -0.385 e. The topological polar surface area (TPSA) is 32.8 Å². The van der Waals surface area contributed by atoms with E-state index in [1.165, 1.54) is 0 Å². The number of rotatable bonds is 2. The summed E-state index contributed by atoms with van der Waals surface area (Å²) in [6, 6.07) is 3.86. The second-order valence-corrected chi connectivity index (χ2v) is 3.31. The van der Waals surface area contributed by atoms with Crippen LogP contribution in [-0.2, 0) is 4.74 Å². The Morgan fingerprint density at radius 1 is 1.80 bits per heavy atom. The van der Waals surface area contributed by atoms with Crippen LogP contribution in [0.2, 0.25) is 0 Å². The summed E-state index contributed by atoms with van der Waals surface area (Å²) in [6.07, 6.45) is -0.321. The summed E-state index contributed by atoms with van der Waals surface area (Å²) in [5.74, 6) is 0. The summed E-state index contributed by atoms with van der Waals surface area (Å²) in [6.45, 7) is 0.707. The lowest BCUT2D eigenvalue weighted by Crippen LogP contribution is -2.01. The van der Waals surface area contributed by atoms with E-state index in [-0.39, 0.29) is 12.2 Å². The van der Waals surface area contributed by atoms with Crippen molar-refractivity contribution in [2.24, 2.45) is 0 Å². The Bertz CT molecular complexity index is 203. The predicted octanol–water partition coefficient (Wildman–Crippen LogP) is 1.18. The van der Waals surface area contributed by atoms with Crippen molar-refractivity contribution >= 4 is 11.3 Å². The Hall–Kier alpha value is -0.380. The van der Waals surface area contributed by atoms with Gasteiger partial charge in [0.2, 0.25) is 0 Å². The molecule has 3 heteroatoms. The average molecular weight is 156 g/mol. The highest BCUT2D eigenvalue weighted by Gasteiger charge is 2.32. The molecule has 0 saturated carbocycles. The molecule has 1 fully saturated rings. The zero-order valence-electron chi connectivity index (χ0n) is 5.36. The van der Waals surface area contributed by atoms with Crippen molar-refractivity contribution in [3.8, 4) is 0 Å². The number of thiophene rings is 1. The molecule has 1 aliphatic rings. The molecule has 1 N–H and O–H groups in total. The van der Waals surface area contributed by atoms with Gasteiger partial charge < -0.3 is 9.84 Å². The lowest BCUT2D eigenvalue weighted by molar-refractivity contribution is 0.140. The number of aliphatic hydroxyl groups is 1. The SMILES string of the molecule is O[C@H](c1cccs1)[C@H]1CO1. The fourth-order valence-corrected chi connectivity index (χ4v) is 1.64. The van der Waals surface area contributed by atoms with Gasteiger partial charge in [-0.2, -0.15) is 0 Å². The molecule has 1 aromatic rings. The van der Waals surface area contributed by atoms with E-state index in [1.807, 2.05) is 17.5 Å². The molecule has 0 bridgehead atoms. The van der Waals surface area contributed by atoms with Crippen LogP contribution in [0.15, 0.2) is 17.5 Å². The summed E-state index contributed by atoms with van der Waals surface area (Å²) < 4.78 is 4.95. The summed E-state index contributed by atoms with van der Waals surface area (Å²) in [7, 11) is 0. The molecule has 2 heterocycles. The second-order valence-electron chi connectivity index (χ2n) is 2.33. The molecule has 1 aliphatic heterocycles. The smallest absolute Gasteiger partial charge is 0.116 e. The van der Waals surface area contributed by atoms with Crippen LogP contribution in [0.3, 0.4) is 0 Å². The van der Waals surface area contributed by atoms with Gasteiger partial charge in [-0.05, 0) is 11.4 Å². The lowest BCUT2D eigenvalue weighted by atomic mass is 10.2. The summed E-state index contributed by atoms with van der Waals surface area (Å²) in [4.78, 5) is 1.00. The summed E-state index contributed by atoms with van der Waals surface area (Å²) in [5, 5.41) is 11.4. The van der Waals surface area contributed by atoms with Crippen LogP contribution in [0.25, 0.3) is 0 Å². The van der Waals surface area contributed by atoms with E-state index < -0.39 is 0 Å². The fourth-order valence-electron chi connectivity index (χ4n) is 0.881. The van der Waals surface area contributed by atoms with E-state index in [9.17, 15) is 5.11 Å². The van der Waals surface area contributed by atoms with Crippen molar-refractivity contribution in [2.75, 3.05) is 6.61 Å². The zero-order valence-corrected chi connectivity index (χ0v) is 6.17. The van der Waals surface area contributed by atoms with Crippen molar-refractivity contribution in [1.29, 1.82) is 0 Å². The van der Waals surface area contributed by atoms with Gasteiger partial charge in [0.1, 0.15) is 12.2 Å². The van der Waals surface area contributed by atoms with Gasteiger partial charge in [-0.25, -0.2) is 0 Å². The van der Waals surface area contributed by atoms with E-state index in [0.29, 0.717) is 6.61 Å². The van der Waals surface area contributed by atoms with Crippen LogP contribution in [0.5, 0.6) is 0 Å². The Balaban J connectivity index is 2.11. The number of hydrogen-bond acceptors (Lipinski definition) is 3. The minimum atomic E-state index is -0.389.